The molecule has 0 fully saturated rings. The van der Waals surface area contributed by atoms with E-state index in [4.69, 9.17) is 16.3 Å². The highest BCUT2D eigenvalue weighted by molar-refractivity contribution is 7.89. The van der Waals surface area contributed by atoms with Gasteiger partial charge in [0.1, 0.15) is 10.6 Å². The van der Waals surface area contributed by atoms with Crippen LogP contribution in [0.1, 0.15) is 31.9 Å². The Kier molecular flexibility index (Phi) is 7.23. The minimum Gasteiger partial charge on any atom is -0.465 e. The van der Waals surface area contributed by atoms with Gasteiger partial charge in [0.05, 0.1) is 16.4 Å². The van der Waals surface area contributed by atoms with Crippen molar-refractivity contribution < 1.29 is 22.9 Å². The summed E-state index contributed by atoms with van der Waals surface area (Å²) in [5.41, 5.74) is -0.546. The topological polar surface area (TPSA) is 107 Å². The molecule has 0 saturated heterocycles. The first-order chi connectivity index (χ1) is 13.9. The van der Waals surface area contributed by atoms with Gasteiger partial charge >= 0.3 is 5.97 Å². The quantitative estimate of drug-likeness (QED) is 0.338. The van der Waals surface area contributed by atoms with Crippen molar-refractivity contribution in [1.82, 2.24) is 4.31 Å². The van der Waals surface area contributed by atoms with Crippen LogP contribution in [-0.2, 0) is 26.1 Å². The second kappa shape index (κ2) is 9.11. The predicted molar refractivity (Wildman–Crippen MR) is 113 cm³/mol. The summed E-state index contributed by atoms with van der Waals surface area (Å²) in [6, 6.07) is 10.4. The number of nitrogens with zero attached hydrogens (tertiary/aromatic N) is 2. The number of benzene rings is 2. The van der Waals surface area contributed by atoms with E-state index >= 15 is 0 Å². The van der Waals surface area contributed by atoms with Gasteiger partial charge in [-0.15, -0.1) is 0 Å². The van der Waals surface area contributed by atoms with Crippen LogP contribution in [-0.4, -0.2) is 35.8 Å². The van der Waals surface area contributed by atoms with Gasteiger partial charge in [0.25, 0.3) is 5.69 Å². The smallest absolute Gasteiger partial charge is 0.327 e. The largest absolute Gasteiger partial charge is 0.465 e. The minimum atomic E-state index is -4.34. The molecular formula is C20H23ClN2O6S. The lowest BCUT2D eigenvalue weighted by Gasteiger charge is -2.35. The third-order valence-electron chi connectivity index (χ3n) is 4.51. The van der Waals surface area contributed by atoms with E-state index in [0.29, 0.717) is 5.56 Å². The number of ether oxygens (including phenoxy) is 1. The summed E-state index contributed by atoms with van der Waals surface area (Å²) in [5, 5.41) is 11.0. The molecule has 0 amide bonds. The van der Waals surface area contributed by atoms with Crippen molar-refractivity contribution in [2.45, 2.75) is 44.7 Å². The average molecular weight is 455 g/mol. The van der Waals surface area contributed by atoms with Crippen LogP contribution in [0.5, 0.6) is 0 Å². The van der Waals surface area contributed by atoms with Gasteiger partial charge in [-0.2, -0.15) is 4.31 Å². The van der Waals surface area contributed by atoms with Crippen LogP contribution in [0.3, 0.4) is 0 Å². The normalized spacial score (nSPS) is 12.1. The number of hydrogen-bond acceptors (Lipinski definition) is 6. The first kappa shape index (κ1) is 23.8. The third-order valence-corrected chi connectivity index (χ3v) is 6.84. The molecule has 10 heteroatoms. The highest BCUT2D eigenvalue weighted by atomic mass is 35.5. The number of halogens is 1. The van der Waals surface area contributed by atoms with Gasteiger partial charge in [-0.25, -0.2) is 8.42 Å². The molecule has 0 saturated carbocycles. The van der Waals surface area contributed by atoms with Crippen LogP contribution >= 0.6 is 11.6 Å². The summed E-state index contributed by atoms with van der Waals surface area (Å²) in [4.78, 5) is 22.7. The number of carbonyl (C=O) groups excluding carboxylic acids is 1. The van der Waals surface area contributed by atoms with Crippen LogP contribution in [0, 0.1) is 17.0 Å². The van der Waals surface area contributed by atoms with Crippen molar-refractivity contribution >= 4 is 33.3 Å². The Labute approximate surface area is 180 Å². The van der Waals surface area contributed by atoms with Gasteiger partial charge in [-0.3, -0.25) is 14.9 Å². The maximum Gasteiger partial charge on any atom is 0.327 e. The fourth-order valence-electron chi connectivity index (χ4n) is 2.89. The molecule has 0 heterocycles. The molecule has 0 radical (unpaired) electrons. The zero-order chi connectivity index (χ0) is 22.7. The lowest BCUT2D eigenvalue weighted by Crippen LogP contribution is -2.53. The number of esters is 1. The van der Waals surface area contributed by atoms with Gasteiger partial charge < -0.3 is 4.74 Å². The van der Waals surface area contributed by atoms with E-state index in [2.05, 4.69) is 0 Å². The first-order valence-corrected chi connectivity index (χ1v) is 10.9. The fraction of sp³-hybridized carbons (Fsp3) is 0.350. The summed E-state index contributed by atoms with van der Waals surface area (Å²) in [6.45, 7) is 6.29. The van der Waals surface area contributed by atoms with Crippen LogP contribution in [0.4, 0.5) is 5.69 Å². The SMILES string of the molecule is CCOC(=O)C(C)(C)N(Cc1cccc(C)c1)S(=O)(=O)c1ccc(Cl)c([N+](=O)[O-])c1. The van der Waals surface area contributed by atoms with Crippen molar-refractivity contribution in [3.8, 4) is 0 Å². The molecule has 0 aromatic heterocycles. The molecule has 2 aromatic rings. The van der Waals surface area contributed by atoms with E-state index in [1.807, 2.05) is 13.0 Å². The minimum absolute atomic E-state index is 0.0764. The van der Waals surface area contributed by atoms with Crippen molar-refractivity contribution in [1.29, 1.82) is 0 Å². The highest BCUT2D eigenvalue weighted by Crippen LogP contribution is 2.32. The number of carbonyl (C=O) groups is 1. The molecule has 30 heavy (non-hydrogen) atoms. The number of aryl methyl sites for hydroxylation is 1. The summed E-state index contributed by atoms with van der Waals surface area (Å²) in [5.74, 6) is -0.732. The predicted octanol–water partition coefficient (Wildman–Crippen LogP) is 4.09. The Morgan fingerprint density at radius 2 is 1.90 bits per heavy atom. The number of nitro groups is 1. The average Bonchev–Trinajstić information content (AvgIpc) is 2.66. The van der Waals surface area contributed by atoms with Crippen LogP contribution < -0.4 is 0 Å². The second-order valence-electron chi connectivity index (χ2n) is 7.15. The molecule has 2 rings (SSSR count). The lowest BCUT2D eigenvalue weighted by atomic mass is 10.0. The van der Waals surface area contributed by atoms with Gasteiger partial charge in [0.2, 0.25) is 10.0 Å². The summed E-state index contributed by atoms with van der Waals surface area (Å²) in [6.07, 6.45) is 0. The highest BCUT2D eigenvalue weighted by Gasteiger charge is 2.44. The summed E-state index contributed by atoms with van der Waals surface area (Å²) >= 11 is 5.83. The number of sulfonamides is 1. The summed E-state index contributed by atoms with van der Waals surface area (Å²) in [7, 11) is -4.34. The van der Waals surface area contributed by atoms with Crippen LogP contribution in [0.15, 0.2) is 47.4 Å². The van der Waals surface area contributed by atoms with E-state index in [1.165, 1.54) is 19.9 Å². The van der Waals surface area contributed by atoms with Crippen LogP contribution in [0.25, 0.3) is 0 Å². The number of rotatable bonds is 8. The van der Waals surface area contributed by atoms with E-state index in [1.54, 1.807) is 25.1 Å². The molecule has 0 spiro atoms. The van der Waals surface area contributed by atoms with E-state index in [0.717, 1.165) is 22.0 Å². The maximum atomic E-state index is 13.5. The molecule has 0 N–H and O–H groups in total. The van der Waals surface area contributed by atoms with Gasteiger partial charge in [-0.1, -0.05) is 41.4 Å². The first-order valence-electron chi connectivity index (χ1n) is 9.10. The molecular weight excluding hydrogens is 432 g/mol. The Bertz CT molecular complexity index is 1070. The molecule has 0 bridgehead atoms. The van der Waals surface area contributed by atoms with Crippen molar-refractivity contribution in [2.75, 3.05) is 6.61 Å². The molecule has 8 nitrogen and oxygen atoms in total. The Morgan fingerprint density at radius 3 is 2.47 bits per heavy atom. The maximum absolute atomic E-state index is 13.5. The third kappa shape index (κ3) is 4.97. The molecule has 2 aromatic carbocycles. The second-order valence-corrected chi connectivity index (χ2v) is 9.42. The standard InChI is InChI=1S/C20H23ClN2O6S/c1-5-29-19(24)20(3,4)22(13-15-8-6-7-14(2)11-15)30(27,28)16-9-10-17(21)18(12-16)23(25)26/h6-12H,5,13H2,1-4H3. The fourth-order valence-corrected chi connectivity index (χ4v) is 4.83. The van der Waals surface area contributed by atoms with Crippen molar-refractivity contribution in [3.63, 3.8) is 0 Å². The van der Waals surface area contributed by atoms with Gasteiger partial charge in [0, 0.05) is 12.6 Å². The molecule has 0 aliphatic carbocycles. The molecule has 162 valence electrons. The number of hydrogen-bond donors (Lipinski definition) is 0. The van der Waals surface area contributed by atoms with E-state index in [9.17, 15) is 23.3 Å². The van der Waals surface area contributed by atoms with Gasteiger partial charge in [0.15, 0.2) is 0 Å². The molecule has 0 aliphatic rings. The zero-order valence-electron chi connectivity index (χ0n) is 17.1. The number of nitro benzene ring substituents is 1. The summed E-state index contributed by atoms with van der Waals surface area (Å²) < 4.78 is 33.1. The Hall–Kier alpha value is -2.49. The molecule has 0 atom stereocenters. The van der Waals surface area contributed by atoms with E-state index in [-0.39, 0.29) is 23.1 Å². The van der Waals surface area contributed by atoms with Crippen molar-refractivity contribution in [3.05, 3.63) is 68.7 Å². The molecule has 0 unspecified atom stereocenters. The monoisotopic (exact) mass is 454 g/mol. The van der Waals surface area contributed by atoms with Crippen LogP contribution in [0.2, 0.25) is 5.02 Å². The van der Waals surface area contributed by atoms with E-state index < -0.39 is 32.1 Å². The Morgan fingerprint density at radius 1 is 1.23 bits per heavy atom. The van der Waals surface area contributed by atoms with Gasteiger partial charge in [-0.05, 0) is 45.4 Å². The molecule has 0 aliphatic heterocycles. The zero-order valence-corrected chi connectivity index (χ0v) is 18.7. The lowest BCUT2D eigenvalue weighted by molar-refractivity contribution is -0.384. The van der Waals surface area contributed by atoms with Crippen molar-refractivity contribution in [2.24, 2.45) is 0 Å². The Balaban J connectivity index is 2.64.